The summed E-state index contributed by atoms with van der Waals surface area (Å²) >= 11 is 0. The van der Waals surface area contributed by atoms with Crippen LogP contribution in [0.15, 0.2) is 30.3 Å². The molecule has 0 radical (unpaired) electrons. The molecule has 2 N–H and O–H groups in total. The first kappa shape index (κ1) is 14.2. The molecule has 0 bridgehead atoms. The maximum atomic E-state index is 13.1. The van der Waals surface area contributed by atoms with Crippen LogP contribution in [-0.2, 0) is 6.54 Å². The molecule has 0 aliphatic heterocycles. The van der Waals surface area contributed by atoms with E-state index in [1.165, 1.54) is 12.1 Å². The summed E-state index contributed by atoms with van der Waals surface area (Å²) in [5.74, 6) is 2.02. The third-order valence-electron chi connectivity index (χ3n) is 2.76. The van der Waals surface area contributed by atoms with Crippen LogP contribution < -0.4 is 10.6 Å². The molecule has 0 aliphatic rings. The van der Waals surface area contributed by atoms with Crippen LogP contribution >= 0.6 is 0 Å². The molecule has 1 aromatic heterocycles. The lowest BCUT2D eigenvalue weighted by Gasteiger charge is -2.10. The topological polar surface area (TPSA) is 49.8 Å². The molecule has 0 amide bonds. The highest BCUT2D eigenvalue weighted by Gasteiger charge is 2.02. The van der Waals surface area contributed by atoms with Crippen LogP contribution in [0.25, 0.3) is 0 Å². The standard InChI is InChI=1S/C15H19FN4/c1-3-7-17-14-9-15(20-11(2)19-14)18-10-12-5-4-6-13(16)8-12/h4-6,8-9H,3,7,10H2,1-2H3,(H2,17,18,19,20). The molecule has 0 aliphatic carbocycles. The van der Waals surface area contributed by atoms with Crippen molar-refractivity contribution in [2.24, 2.45) is 0 Å². The number of anilines is 2. The van der Waals surface area contributed by atoms with Gasteiger partial charge < -0.3 is 10.6 Å². The number of rotatable bonds is 6. The molecule has 0 saturated carbocycles. The molecule has 0 saturated heterocycles. The molecule has 0 atom stereocenters. The van der Waals surface area contributed by atoms with E-state index in [9.17, 15) is 4.39 Å². The lowest BCUT2D eigenvalue weighted by atomic mass is 10.2. The fraction of sp³-hybridized carbons (Fsp3) is 0.333. The molecule has 0 unspecified atom stereocenters. The zero-order chi connectivity index (χ0) is 14.4. The Morgan fingerprint density at radius 1 is 1.10 bits per heavy atom. The SMILES string of the molecule is CCCNc1cc(NCc2cccc(F)c2)nc(C)n1. The monoisotopic (exact) mass is 274 g/mol. The maximum absolute atomic E-state index is 13.1. The fourth-order valence-corrected chi connectivity index (χ4v) is 1.84. The average Bonchev–Trinajstić information content (AvgIpc) is 2.42. The van der Waals surface area contributed by atoms with E-state index >= 15 is 0 Å². The lowest BCUT2D eigenvalue weighted by Crippen LogP contribution is -2.07. The van der Waals surface area contributed by atoms with Gasteiger partial charge in [-0.3, -0.25) is 0 Å². The Kier molecular flexibility index (Phi) is 4.87. The van der Waals surface area contributed by atoms with Crippen molar-refractivity contribution in [2.45, 2.75) is 26.8 Å². The molecule has 0 fully saturated rings. The Hall–Kier alpha value is -2.17. The van der Waals surface area contributed by atoms with Crippen molar-refractivity contribution in [3.05, 3.63) is 47.5 Å². The number of nitrogens with one attached hydrogen (secondary N) is 2. The van der Waals surface area contributed by atoms with Gasteiger partial charge in [-0.1, -0.05) is 19.1 Å². The minimum atomic E-state index is -0.228. The molecule has 4 nitrogen and oxygen atoms in total. The number of nitrogens with zero attached hydrogens (tertiary/aromatic N) is 2. The van der Waals surface area contributed by atoms with E-state index in [1.54, 1.807) is 6.07 Å². The summed E-state index contributed by atoms with van der Waals surface area (Å²) in [6.45, 7) is 5.36. The Balaban J connectivity index is 2.03. The predicted molar refractivity (Wildman–Crippen MR) is 79.3 cm³/mol. The largest absolute Gasteiger partial charge is 0.370 e. The number of benzene rings is 1. The Bertz CT molecular complexity index is 572. The highest BCUT2D eigenvalue weighted by molar-refractivity contribution is 5.47. The number of hydrogen-bond donors (Lipinski definition) is 2. The second-order valence-corrected chi connectivity index (χ2v) is 4.60. The molecule has 2 rings (SSSR count). The minimum Gasteiger partial charge on any atom is -0.370 e. The van der Waals surface area contributed by atoms with Gasteiger partial charge in [0.25, 0.3) is 0 Å². The van der Waals surface area contributed by atoms with Gasteiger partial charge in [-0.2, -0.15) is 0 Å². The minimum absolute atomic E-state index is 0.228. The molecule has 0 spiro atoms. The number of aryl methyl sites for hydroxylation is 1. The van der Waals surface area contributed by atoms with E-state index in [1.807, 2.05) is 19.1 Å². The normalized spacial score (nSPS) is 10.3. The van der Waals surface area contributed by atoms with Crippen LogP contribution in [0.1, 0.15) is 24.7 Å². The van der Waals surface area contributed by atoms with Crippen molar-refractivity contribution in [3.63, 3.8) is 0 Å². The Morgan fingerprint density at radius 3 is 2.55 bits per heavy atom. The van der Waals surface area contributed by atoms with Crippen molar-refractivity contribution in [1.29, 1.82) is 0 Å². The van der Waals surface area contributed by atoms with Crippen molar-refractivity contribution < 1.29 is 4.39 Å². The average molecular weight is 274 g/mol. The van der Waals surface area contributed by atoms with E-state index in [-0.39, 0.29) is 5.82 Å². The molecule has 20 heavy (non-hydrogen) atoms. The Morgan fingerprint density at radius 2 is 1.85 bits per heavy atom. The molecular weight excluding hydrogens is 255 g/mol. The van der Waals surface area contributed by atoms with Gasteiger partial charge in [0.05, 0.1) is 0 Å². The van der Waals surface area contributed by atoms with Crippen LogP contribution in [-0.4, -0.2) is 16.5 Å². The second-order valence-electron chi connectivity index (χ2n) is 4.60. The summed E-state index contributed by atoms with van der Waals surface area (Å²) in [5.41, 5.74) is 0.879. The molecule has 2 aromatic rings. The van der Waals surface area contributed by atoms with E-state index in [0.717, 1.165) is 30.2 Å². The smallest absolute Gasteiger partial charge is 0.132 e. The fourth-order valence-electron chi connectivity index (χ4n) is 1.84. The van der Waals surface area contributed by atoms with Gasteiger partial charge in [-0.25, -0.2) is 14.4 Å². The molecule has 5 heteroatoms. The van der Waals surface area contributed by atoms with E-state index in [0.29, 0.717) is 12.4 Å². The quantitative estimate of drug-likeness (QED) is 0.848. The summed E-state index contributed by atoms with van der Waals surface area (Å²) in [5, 5.41) is 6.42. The molecule has 106 valence electrons. The number of aromatic nitrogens is 2. The van der Waals surface area contributed by atoms with Gasteiger partial charge in [0, 0.05) is 19.2 Å². The van der Waals surface area contributed by atoms with Gasteiger partial charge >= 0.3 is 0 Å². The van der Waals surface area contributed by atoms with E-state index in [4.69, 9.17) is 0 Å². The van der Waals surface area contributed by atoms with E-state index < -0.39 is 0 Å². The first-order valence-electron chi connectivity index (χ1n) is 6.75. The first-order valence-corrected chi connectivity index (χ1v) is 6.75. The molecular formula is C15H19FN4. The summed E-state index contributed by atoms with van der Waals surface area (Å²) in [6.07, 6.45) is 1.04. The lowest BCUT2D eigenvalue weighted by molar-refractivity contribution is 0.626. The van der Waals surface area contributed by atoms with Gasteiger partial charge in [-0.05, 0) is 31.0 Å². The van der Waals surface area contributed by atoms with Gasteiger partial charge in [0.2, 0.25) is 0 Å². The van der Waals surface area contributed by atoms with Crippen molar-refractivity contribution in [1.82, 2.24) is 9.97 Å². The predicted octanol–water partition coefficient (Wildman–Crippen LogP) is 3.36. The number of hydrogen-bond acceptors (Lipinski definition) is 4. The van der Waals surface area contributed by atoms with Crippen molar-refractivity contribution in [2.75, 3.05) is 17.2 Å². The van der Waals surface area contributed by atoms with Crippen LogP contribution in [0, 0.1) is 12.7 Å². The van der Waals surface area contributed by atoms with Gasteiger partial charge in [-0.15, -0.1) is 0 Å². The second kappa shape index (κ2) is 6.84. The third kappa shape index (κ3) is 4.19. The van der Waals surface area contributed by atoms with Crippen LogP contribution in [0.3, 0.4) is 0 Å². The van der Waals surface area contributed by atoms with Crippen LogP contribution in [0.4, 0.5) is 16.0 Å². The first-order chi connectivity index (χ1) is 9.67. The summed E-state index contributed by atoms with van der Waals surface area (Å²) < 4.78 is 13.1. The summed E-state index contributed by atoms with van der Waals surface area (Å²) in [7, 11) is 0. The zero-order valence-corrected chi connectivity index (χ0v) is 11.8. The van der Waals surface area contributed by atoms with E-state index in [2.05, 4.69) is 27.5 Å². The van der Waals surface area contributed by atoms with Gasteiger partial charge in [0.15, 0.2) is 0 Å². The zero-order valence-electron chi connectivity index (χ0n) is 11.8. The van der Waals surface area contributed by atoms with Crippen LogP contribution in [0.2, 0.25) is 0 Å². The van der Waals surface area contributed by atoms with Crippen LogP contribution in [0.5, 0.6) is 0 Å². The highest BCUT2D eigenvalue weighted by atomic mass is 19.1. The van der Waals surface area contributed by atoms with Crippen molar-refractivity contribution >= 4 is 11.6 Å². The molecule has 1 heterocycles. The summed E-state index contributed by atoms with van der Waals surface area (Å²) in [6, 6.07) is 8.39. The maximum Gasteiger partial charge on any atom is 0.132 e. The molecule has 1 aromatic carbocycles. The third-order valence-corrected chi connectivity index (χ3v) is 2.76. The number of halogens is 1. The Labute approximate surface area is 118 Å². The highest BCUT2D eigenvalue weighted by Crippen LogP contribution is 2.13. The van der Waals surface area contributed by atoms with Crippen molar-refractivity contribution in [3.8, 4) is 0 Å². The van der Waals surface area contributed by atoms with Gasteiger partial charge in [0.1, 0.15) is 23.3 Å². The summed E-state index contributed by atoms with van der Waals surface area (Å²) in [4.78, 5) is 8.64.